The van der Waals surface area contributed by atoms with Crippen LogP contribution in [0.2, 0.25) is 0 Å². The van der Waals surface area contributed by atoms with Crippen molar-refractivity contribution in [1.29, 1.82) is 0 Å². The number of pyridine rings is 1. The van der Waals surface area contributed by atoms with Gasteiger partial charge in [0, 0.05) is 25.0 Å². The van der Waals surface area contributed by atoms with Crippen molar-refractivity contribution >= 4 is 5.91 Å². The molecule has 1 aromatic rings. The smallest absolute Gasteiger partial charge is 0.233 e. The van der Waals surface area contributed by atoms with Crippen LogP contribution in [0.4, 0.5) is 0 Å². The third-order valence-corrected chi connectivity index (χ3v) is 3.04. The van der Waals surface area contributed by atoms with Crippen LogP contribution in [-0.4, -0.2) is 24.0 Å². The van der Waals surface area contributed by atoms with Crippen molar-refractivity contribution in [3.63, 3.8) is 0 Å². The first-order chi connectivity index (χ1) is 8.25. The fraction of sp³-hybridized carbons (Fsp3) is 0.538. The van der Waals surface area contributed by atoms with Crippen molar-refractivity contribution in [3.05, 3.63) is 30.1 Å². The minimum atomic E-state index is 0.0765. The van der Waals surface area contributed by atoms with Crippen LogP contribution in [0, 0.1) is 5.92 Å². The molecule has 0 saturated heterocycles. The van der Waals surface area contributed by atoms with Gasteiger partial charge in [0.05, 0.1) is 6.54 Å². The van der Waals surface area contributed by atoms with E-state index in [1.807, 2.05) is 25.3 Å². The van der Waals surface area contributed by atoms with E-state index in [2.05, 4.69) is 15.6 Å². The summed E-state index contributed by atoms with van der Waals surface area (Å²) in [5.41, 5.74) is 1.10. The molecule has 1 heterocycles. The van der Waals surface area contributed by atoms with E-state index in [0.29, 0.717) is 6.54 Å². The summed E-state index contributed by atoms with van der Waals surface area (Å²) in [6.07, 6.45) is 6.10. The molecule has 0 unspecified atom stereocenters. The number of carbonyl (C=O) groups is 1. The molecule has 1 saturated carbocycles. The molecule has 1 atom stereocenters. The quantitative estimate of drug-likeness (QED) is 0.777. The first-order valence-corrected chi connectivity index (χ1v) is 6.15. The molecule has 0 bridgehead atoms. The minimum absolute atomic E-state index is 0.0765. The first-order valence-electron chi connectivity index (χ1n) is 6.15. The predicted molar refractivity (Wildman–Crippen MR) is 66.4 cm³/mol. The van der Waals surface area contributed by atoms with E-state index in [4.69, 9.17) is 0 Å². The maximum Gasteiger partial charge on any atom is 0.233 e. The Hall–Kier alpha value is -1.42. The molecule has 0 aliphatic heterocycles. The van der Waals surface area contributed by atoms with Crippen LogP contribution >= 0.6 is 0 Å². The van der Waals surface area contributed by atoms with Gasteiger partial charge in [0.15, 0.2) is 0 Å². The van der Waals surface area contributed by atoms with E-state index in [1.165, 1.54) is 12.8 Å². The standard InChI is InChI=1S/C13H19N3O/c1-10(12-3-2-6-14-8-12)15-9-13(17)16-7-11-4-5-11/h2-3,6,8,10-11,15H,4-5,7,9H2,1H3,(H,16,17)/t10-/m0/s1. The molecule has 17 heavy (non-hydrogen) atoms. The molecule has 1 aromatic heterocycles. The van der Waals surface area contributed by atoms with Crippen molar-refractivity contribution in [2.75, 3.05) is 13.1 Å². The highest BCUT2D eigenvalue weighted by atomic mass is 16.1. The topological polar surface area (TPSA) is 54.0 Å². The number of amides is 1. The first kappa shape index (κ1) is 12.0. The zero-order valence-corrected chi connectivity index (χ0v) is 10.1. The van der Waals surface area contributed by atoms with E-state index in [0.717, 1.165) is 18.0 Å². The lowest BCUT2D eigenvalue weighted by molar-refractivity contribution is -0.120. The average Bonchev–Trinajstić information content (AvgIpc) is 3.18. The van der Waals surface area contributed by atoms with Crippen molar-refractivity contribution in [2.45, 2.75) is 25.8 Å². The normalized spacial score (nSPS) is 16.5. The lowest BCUT2D eigenvalue weighted by Crippen LogP contribution is -2.36. The SMILES string of the molecule is C[C@H](NCC(=O)NCC1CC1)c1cccnc1. The van der Waals surface area contributed by atoms with Gasteiger partial charge in [-0.2, -0.15) is 0 Å². The number of aromatic nitrogens is 1. The predicted octanol–water partition coefficient (Wildman–Crippen LogP) is 1.26. The largest absolute Gasteiger partial charge is 0.355 e. The molecule has 4 nitrogen and oxygen atoms in total. The summed E-state index contributed by atoms with van der Waals surface area (Å²) < 4.78 is 0. The van der Waals surface area contributed by atoms with Crippen LogP contribution in [0.3, 0.4) is 0 Å². The maximum absolute atomic E-state index is 11.5. The molecule has 2 N–H and O–H groups in total. The average molecular weight is 233 g/mol. The van der Waals surface area contributed by atoms with Gasteiger partial charge in [0.1, 0.15) is 0 Å². The van der Waals surface area contributed by atoms with Crippen molar-refractivity contribution < 1.29 is 4.79 Å². The van der Waals surface area contributed by atoms with Gasteiger partial charge in [0.25, 0.3) is 0 Å². The summed E-state index contributed by atoms with van der Waals surface area (Å²) in [7, 11) is 0. The van der Waals surface area contributed by atoms with Gasteiger partial charge >= 0.3 is 0 Å². The molecule has 0 radical (unpaired) electrons. The molecular weight excluding hydrogens is 214 g/mol. The molecule has 1 amide bonds. The number of hydrogen-bond donors (Lipinski definition) is 2. The zero-order valence-electron chi connectivity index (χ0n) is 10.1. The van der Waals surface area contributed by atoms with Crippen molar-refractivity contribution in [1.82, 2.24) is 15.6 Å². The number of rotatable bonds is 6. The third-order valence-electron chi connectivity index (χ3n) is 3.04. The van der Waals surface area contributed by atoms with Gasteiger partial charge in [-0.25, -0.2) is 0 Å². The Bertz CT molecular complexity index is 362. The highest BCUT2D eigenvalue weighted by molar-refractivity contribution is 5.78. The molecule has 0 spiro atoms. The molecule has 1 aliphatic carbocycles. The summed E-state index contributed by atoms with van der Waals surface area (Å²) in [6.45, 7) is 3.23. The van der Waals surface area contributed by atoms with E-state index in [1.54, 1.807) is 6.20 Å². The van der Waals surface area contributed by atoms with Crippen LogP contribution in [0.25, 0.3) is 0 Å². The molecule has 4 heteroatoms. The summed E-state index contributed by atoms with van der Waals surface area (Å²) in [5.74, 6) is 0.808. The van der Waals surface area contributed by atoms with Gasteiger partial charge in [0.2, 0.25) is 5.91 Å². The van der Waals surface area contributed by atoms with Crippen LogP contribution in [0.15, 0.2) is 24.5 Å². The fourth-order valence-corrected chi connectivity index (χ4v) is 1.64. The molecule has 0 aromatic carbocycles. The number of nitrogens with one attached hydrogen (secondary N) is 2. The maximum atomic E-state index is 11.5. The molecular formula is C13H19N3O. The number of hydrogen-bond acceptors (Lipinski definition) is 3. The van der Waals surface area contributed by atoms with Gasteiger partial charge in [-0.3, -0.25) is 9.78 Å². The summed E-state index contributed by atoms with van der Waals surface area (Å²) in [5, 5.41) is 6.13. The van der Waals surface area contributed by atoms with Gasteiger partial charge in [-0.1, -0.05) is 6.07 Å². The Morgan fingerprint density at radius 2 is 2.41 bits per heavy atom. The Morgan fingerprint density at radius 3 is 3.06 bits per heavy atom. The van der Waals surface area contributed by atoms with E-state index in [9.17, 15) is 4.79 Å². The lowest BCUT2D eigenvalue weighted by atomic mass is 10.1. The summed E-state index contributed by atoms with van der Waals surface area (Å²) >= 11 is 0. The van der Waals surface area contributed by atoms with Gasteiger partial charge < -0.3 is 10.6 Å². The van der Waals surface area contributed by atoms with Crippen LogP contribution < -0.4 is 10.6 Å². The highest BCUT2D eigenvalue weighted by Crippen LogP contribution is 2.27. The van der Waals surface area contributed by atoms with Crippen LogP contribution in [0.5, 0.6) is 0 Å². The second-order valence-electron chi connectivity index (χ2n) is 4.64. The Morgan fingerprint density at radius 1 is 1.59 bits per heavy atom. The number of carbonyl (C=O) groups excluding carboxylic acids is 1. The van der Waals surface area contributed by atoms with Crippen molar-refractivity contribution in [2.24, 2.45) is 5.92 Å². The van der Waals surface area contributed by atoms with Crippen LogP contribution in [0.1, 0.15) is 31.4 Å². The highest BCUT2D eigenvalue weighted by Gasteiger charge is 2.21. The minimum Gasteiger partial charge on any atom is -0.355 e. The van der Waals surface area contributed by atoms with E-state index >= 15 is 0 Å². The Kier molecular flexibility index (Phi) is 4.09. The van der Waals surface area contributed by atoms with E-state index < -0.39 is 0 Å². The van der Waals surface area contributed by atoms with E-state index in [-0.39, 0.29) is 11.9 Å². The van der Waals surface area contributed by atoms with Gasteiger partial charge in [-0.15, -0.1) is 0 Å². The third kappa shape index (κ3) is 4.15. The number of nitrogens with zero attached hydrogens (tertiary/aromatic N) is 1. The molecule has 1 fully saturated rings. The second-order valence-corrected chi connectivity index (χ2v) is 4.64. The molecule has 2 rings (SSSR count). The fourth-order valence-electron chi connectivity index (χ4n) is 1.64. The Balaban J connectivity index is 1.68. The Labute approximate surface area is 102 Å². The molecule has 92 valence electrons. The van der Waals surface area contributed by atoms with Crippen LogP contribution in [-0.2, 0) is 4.79 Å². The zero-order chi connectivity index (χ0) is 12.1. The summed E-state index contributed by atoms with van der Waals surface area (Å²) in [4.78, 5) is 15.6. The summed E-state index contributed by atoms with van der Waals surface area (Å²) in [6, 6.07) is 4.06. The van der Waals surface area contributed by atoms with Gasteiger partial charge in [-0.05, 0) is 37.3 Å². The second kappa shape index (κ2) is 5.77. The lowest BCUT2D eigenvalue weighted by Gasteiger charge is -2.13. The monoisotopic (exact) mass is 233 g/mol. The molecule has 1 aliphatic rings. The van der Waals surface area contributed by atoms with Crippen molar-refractivity contribution in [3.8, 4) is 0 Å².